The molecule has 2 heteroatoms. The summed E-state index contributed by atoms with van der Waals surface area (Å²) in [7, 11) is 0. The Hall–Kier alpha value is -5.18. The van der Waals surface area contributed by atoms with E-state index in [1.807, 2.05) is 11.3 Å². The highest BCUT2D eigenvalue weighted by atomic mass is 32.1. The number of benzene rings is 7. The van der Waals surface area contributed by atoms with Crippen molar-refractivity contribution < 1.29 is 0 Å². The fourth-order valence-corrected chi connectivity index (χ4v) is 9.99. The van der Waals surface area contributed by atoms with Crippen molar-refractivity contribution in [3.05, 3.63) is 139 Å². The van der Waals surface area contributed by atoms with Crippen molar-refractivity contribution in [2.75, 3.05) is 0 Å². The van der Waals surface area contributed by atoms with Gasteiger partial charge in [0.25, 0.3) is 0 Å². The summed E-state index contributed by atoms with van der Waals surface area (Å²) >= 11 is 1.93. The Balaban J connectivity index is 1.23. The summed E-state index contributed by atoms with van der Waals surface area (Å²) in [6.07, 6.45) is 0. The van der Waals surface area contributed by atoms with Gasteiger partial charge < -0.3 is 4.57 Å². The van der Waals surface area contributed by atoms with E-state index in [2.05, 4.69) is 146 Å². The average molecular weight is 590 g/mol. The van der Waals surface area contributed by atoms with Crippen LogP contribution in [0.3, 0.4) is 0 Å². The van der Waals surface area contributed by atoms with Crippen LogP contribution in [-0.4, -0.2) is 4.57 Å². The molecule has 0 radical (unpaired) electrons. The SMILES string of the molecule is CC1(C)c2ccccc2-c2cc3c4ccccc4n(-c4ccc5c6c(cccc46)-c4c-5ccc5c4sc4ccccc45)c3cc21. The molecule has 210 valence electrons. The highest BCUT2D eigenvalue weighted by Gasteiger charge is 2.36. The molecule has 2 aliphatic carbocycles. The first kappa shape index (κ1) is 24.2. The van der Waals surface area contributed by atoms with Gasteiger partial charge in [0.1, 0.15) is 0 Å². The van der Waals surface area contributed by atoms with Crippen LogP contribution in [0, 0.1) is 0 Å². The van der Waals surface area contributed by atoms with Gasteiger partial charge >= 0.3 is 0 Å². The Kier molecular flexibility index (Phi) is 4.35. The molecular formula is C43H27NS. The fourth-order valence-electron chi connectivity index (χ4n) is 8.72. The minimum absolute atomic E-state index is 0.0549. The Labute approximate surface area is 264 Å². The third-order valence-electron chi connectivity index (χ3n) is 10.7. The van der Waals surface area contributed by atoms with Crippen LogP contribution in [-0.2, 0) is 5.41 Å². The molecule has 0 amide bonds. The summed E-state index contributed by atoms with van der Waals surface area (Å²) in [5.41, 5.74) is 14.7. The van der Waals surface area contributed by atoms with Crippen molar-refractivity contribution in [3.8, 4) is 39.1 Å². The van der Waals surface area contributed by atoms with Gasteiger partial charge in [-0.05, 0) is 74.7 Å². The summed E-state index contributed by atoms with van der Waals surface area (Å²) < 4.78 is 5.28. The molecule has 0 spiro atoms. The Morgan fingerprint density at radius 1 is 0.489 bits per heavy atom. The zero-order valence-corrected chi connectivity index (χ0v) is 25.8. The molecule has 2 heterocycles. The number of hydrogen-bond donors (Lipinski definition) is 0. The first-order valence-corrected chi connectivity index (χ1v) is 16.6. The lowest BCUT2D eigenvalue weighted by Crippen LogP contribution is -2.15. The highest BCUT2D eigenvalue weighted by Crippen LogP contribution is 2.55. The molecule has 0 saturated carbocycles. The largest absolute Gasteiger partial charge is 0.309 e. The smallest absolute Gasteiger partial charge is 0.0544 e. The molecule has 11 rings (SSSR count). The van der Waals surface area contributed by atoms with E-state index in [0.29, 0.717) is 0 Å². The van der Waals surface area contributed by atoms with Crippen LogP contribution in [0.2, 0.25) is 0 Å². The van der Waals surface area contributed by atoms with Crippen molar-refractivity contribution in [1.82, 2.24) is 4.57 Å². The Morgan fingerprint density at radius 3 is 2.18 bits per heavy atom. The molecule has 0 aliphatic heterocycles. The van der Waals surface area contributed by atoms with Crippen molar-refractivity contribution in [2.24, 2.45) is 0 Å². The standard InChI is InChI=1S/C43H27NS/c1-43(2)34-15-6-3-10-24(34)32-22-33-25-11-4-7-16-36(25)44(38(33)23-35(32)43)37-21-20-27-28-18-19-29-26-12-5-8-17-39(26)45-42(29)41(28)31-14-9-13-30(37)40(27)31/h3-23H,1-2H3. The van der Waals surface area contributed by atoms with Crippen LogP contribution >= 0.6 is 11.3 Å². The van der Waals surface area contributed by atoms with E-state index in [-0.39, 0.29) is 5.41 Å². The van der Waals surface area contributed by atoms with Crippen LogP contribution in [0.15, 0.2) is 127 Å². The topological polar surface area (TPSA) is 4.93 Å². The van der Waals surface area contributed by atoms with E-state index >= 15 is 0 Å². The van der Waals surface area contributed by atoms with E-state index in [0.717, 1.165) is 0 Å². The lowest BCUT2D eigenvalue weighted by atomic mass is 9.82. The van der Waals surface area contributed by atoms with Gasteiger partial charge in [0.2, 0.25) is 0 Å². The quantitative estimate of drug-likeness (QED) is 0.179. The molecule has 0 bridgehead atoms. The number of aromatic nitrogens is 1. The van der Waals surface area contributed by atoms with Gasteiger partial charge in [-0.25, -0.2) is 0 Å². The maximum absolute atomic E-state index is 2.53. The van der Waals surface area contributed by atoms with E-state index < -0.39 is 0 Å². The third kappa shape index (κ3) is 2.85. The molecule has 0 N–H and O–H groups in total. The average Bonchev–Trinajstić information content (AvgIpc) is 3.78. The minimum atomic E-state index is -0.0549. The van der Waals surface area contributed by atoms with Gasteiger partial charge in [-0.3, -0.25) is 0 Å². The summed E-state index contributed by atoms with van der Waals surface area (Å²) in [6.45, 7) is 4.75. The second kappa shape index (κ2) is 8.10. The molecule has 0 fully saturated rings. The van der Waals surface area contributed by atoms with Gasteiger partial charge in [0.05, 0.1) is 16.7 Å². The van der Waals surface area contributed by atoms with E-state index in [9.17, 15) is 0 Å². The number of hydrogen-bond acceptors (Lipinski definition) is 1. The first-order valence-electron chi connectivity index (χ1n) is 15.8. The second-order valence-corrected chi connectivity index (χ2v) is 14.3. The summed E-state index contributed by atoms with van der Waals surface area (Å²) in [5, 5.41) is 8.01. The van der Waals surface area contributed by atoms with Crippen molar-refractivity contribution in [3.63, 3.8) is 0 Å². The summed E-state index contributed by atoms with van der Waals surface area (Å²) in [4.78, 5) is 0. The summed E-state index contributed by atoms with van der Waals surface area (Å²) in [6, 6.07) is 48.0. The van der Waals surface area contributed by atoms with E-state index in [1.165, 1.54) is 103 Å². The predicted molar refractivity (Wildman–Crippen MR) is 193 cm³/mol. The fraction of sp³-hybridized carbons (Fsp3) is 0.0698. The number of fused-ring (bicyclic) bond motifs is 13. The zero-order valence-electron chi connectivity index (χ0n) is 25.0. The maximum atomic E-state index is 2.53. The molecular weight excluding hydrogens is 563 g/mol. The van der Waals surface area contributed by atoms with Gasteiger partial charge in [-0.1, -0.05) is 111 Å². The molecule has 9 aromatic rings. The van der Waals surface area contributed by atoms with Crippen molar-refractivity contribution in [2.45, 2.75) is 19.3 Å². The molecule has 0 saturated heterocycles. The van der Waals surface area contributed by atoms with Crippen LogP contribution < -0.4 is 0 Å². The maximum Gasteiger partial charge on any atom is 0.0544 e. The van der Waals surface area contributed by atoms with Crippen molar-refractivity contribution in [1.29, 1.82) is 0 Å². The minimum Gasteiger partial charge on any atom is -0.309 e. The molecule has 0 unspecified atom stereocenters. The van der Waals surface area contributed by atoms with Crippen LogP contribution in [0.4, 0.5) is 0 Å². The first-order chi connectivity index (χ1) is 22.1. The Morgan fingerprint density at radius 2 is 1.24 bits per heavy atom. The molecule has 2 aliphatic rings. The molecule has 2 aromatic heterocycles. The highest BCUT2D eigenvalue weighted by molar-refractivity contribution is 7.26. The van der Waals surface area contributed by atoms with Gasteiger partial charge in [-0.15, -0.1) is 11.3 Å². The molecule has 1 nitrogen and oxygen atoms in total. The lowest BCUT2D eigenvalue weighted by molar-refractivity contribution is 0.661. The van der Waals surface area contributed by atoms with E-state index in [4.69, 9.17) is 0 Å². The predicted octanol–water partition coefficient (Wildman–Crippen LogP) is 12.3. The van der Waals surface area contributed by atoms with Crippen LogP contribution in [0.25, 0.3) is 91.8 Å². The summed E-state index contributed by atoms with van der Waals surface area (Å²) in [5.74, 6) is 0. The third-order valence-corrected chi connectivity index (χ3v) is 11.9. The van der Waals surface area contributed by atoms with Crippen LogP contribution in [0.5, 0.6) is 0 Å². The number of rotatable bonds is 1. The molecule has 0 atom stereocenters. The second-order valence-electron chi connectivity index (χ2n) is 13.3. The van der Waals surface area contributed by atoms with Crippen molar-refractivity contribution >= 4 is 64.1 Å². The zero-order chi connectivity index (χ0) is 29.6. The monoisotopic (exact) mass is 589 g/mol. The van der Waals surface area contributed by atoms with Gasteiger partial charge in [-0.2, -0.15) is 0 Å². The van der Waals surface area contributed by atoms with Gasteiger partial charge in [0.15, 0.2) is 0 Å². The number of nitrogens with zero attached hydrogens (tertiary/aromatic N) is 1. The number of para-hydroxylation sites is 1. The van der Waals surface area contributed by atoms with E-state index in [1.54, 1.807) is 0 Å². The normalized spacial score (nSPS) is 14.2. The van der Waals surface area contributed by atoms with Crippen LogP contribution in [0.1, 0.15) is 25.0 Å². The lowest BCUT2D eigenvalue weighted by Gasteiger charge is -2.22. The molecule has 7 aromatic carbocycles. The number of thiophene rings is 1. The van der Waals surface area contributed by atoms with Gasteiger partial charge in [0, 0.05) is 47.3 Å². The Bertz CT molecular complexity index is 2790. The molecule has 45 heavy (non-hydrogen) atoms.